The van der Waals surface area contributed by atoms with Gasteiger partial charge in [0.1, 0.15) is 0 Å². The molecule has 0 aromatic heterocycles. The predicted molar refractivity (Wildman–Crippen MR) is 110 cm³/mol. The van der Waals surface area contributed by atoms with Crippen LogP contribution in [0.2, 0.25) is 0 Å². The molecule has 0 aliphatic heterocycles. The van der Waals surface area contributed by atoms with Gasteiger partial charge in [-0.25, -0.2) is 10.3 Å². The lowest BCUT2D eigenvalue weighted by molar-refractivity contribution is -0.134. The zero-order valence-corrected chi connectivity index (χ0v) is 16.0. The van der Waals surface area contributed by atoms with E-state index in [1.54, 1.807) is 48.5 Å². The molecule has 0 aliphatic carbocycles. The Morgan fingerprint density at radius 1 is 0.862 bits per heavy atom. The SMILES string of the molecule is O=C(C=Cc1ccccc1)ONc1ccc(N=NS(=O)(=O)c2ccccc2)cc1. The Morgan fingerprint density at radius 2 is 1.48 bits per heavy atom. The summed E-state index contributed by atoms with van der Waals surface area (Å²) < 4.78 is 27.6. The highest BCUT2D eigenvalue weighted by Crippen LogP contribution is 2.19. The van der Waals surface area contributed by atoms with Gasteiger partial charge in [-0.05, 0) is 48.0 Å². The highest BCUT2D eigenvalue weighted by Gasteiger charge is 2.11. The zero-order valence-electron chi connectivity index (χ0n) is 15.2. The summed E-state index contributed by atoms with van der Waals surface area (Å²) in [6.07, 6.45) is 2.94. The van der Waals surface area contributed by atoms with E-state index in [-0.39, 0.29) is 4.90 Å². The molecule has 8 heteroatoms. The highest BCUT2D eigenvalue weighted by molar-refractivity contribution is 7.90. The molecule has 0 amide bonds. The van der Waals surface area contributed by atoms with Crippen molar-refractivity contribution >= 4 is 33.4 Å². The van der Waals surface area contributed by atoms with Gasteiger partial charge in [0.25, 0.3) is 10.0 Å². The van der Waals surface area contributed by atoms with Gasteiger partial charge in [0.15, 0.2) is 0 Å². The van der Waals surface area contributed by atoms with Crippen LogP contribution < -0.4 is 5.48 Å². The Morgan fingerprint density at radius 3 is 2.14 bits per heavy atom. The summed E-state index contributed by atoms with van der Waals surface area (Å²) in [6, 6.07) is 23.4. The molecule has 0 fully saturated rings. The fourth-order valence-corrected chi connectivity index (χ4v) is 3.01. The molecule has 146 valence electrons. The maximum Gasteiger partial charge on any atom is 0.355 e. The Balaban J connectivity index is 1.55. The number of carbonyl (C=O) groups is 1. The van der Waals surface area contributed by atoms with Crippen LogP contribution in [-0.2, 0) is 19.7 Å². The Kier molecular flexibility index (Phi) is 6.49. The van der Waals surface area contributed by atoms with Gasteiger partial charge < -0.3 is 4.84 Å². The molecule has 0 radical (unpaired) electrons. The maximum absolute atomic E-state index is 12.1. The lowest BCUT2D eigenvalue weighted by atomic mass is 10.2. The summed E-state index contributed by atoms with van der Waals surface area (Å²) in [6.45, 7) is 0. The number of nitrogens with zero attached hydrogens (tertiary/aromatic N) is 2. The van der Waals surface area contributed by atoms with Crippen molar-refractivity contribution in [3.63, 3.8) is 0 Å². The maximum atomic E-state index is 12.1. The third-order valence-corrected chi connectivity index (χ3v) is 4.82. The van der Waals surface area contributed by atoms with Crippen LogP contribution in [0.15, 0.2) is 106 Å². The minimum Gasteiger partial charge on any atom is -0.339 e. The van der Waals surface area contributed by atoms with Crippen molar-refractivity contribution in [1.82, 2.24) is 0 Å². The van der Waals surface area contributed by atoms with Crippen molar-refractivity contribution in [2.75, 3.05) is 5.48 Å². The summed E-state index contributed by atoms with van der Waals surface area (Å²) >= 11 is 0. The van der Waals surface area contributed by atoms with Crippen LogP contribution in [-0.4, -0.2) is 14.4 Å². The molecule has 0 atom stereocenters. The van der Waals surface area contributed by atoms with Gasteiger partial charge in [-0.2, -0.15) is 8.42 Å². The molecule has 0 saturated heterocycles. The Hall–Kier alpha value is -3.78. The van der Waals surface area contributed by atoms with E-state index < -0.39 is 16.0 Å². The second-order valence-corrected chi connectivity index (χ2v) is 7.37. The third-order valence-electron chi connectivity index (χ3n) is 3.65. The molecule has 29 heavy (non-hydrogen) atoms. The topological polar surface area (TPSA) is 97.2 Å². The van der Waals surface area contributed by atoms with Crippen LogP contribution in [0.5, 0.6) is 0 Å². The van der Waals surface area contributed by atoms with Gasteiger partial charge >= 0.3 is 5.97 Å². The monoisotopic (exact) mass is 407 g/mol. The number of rotatable bonds is 7. The third kappa shape index (κ3) is 6.12. The quantitative estimate of drug-likeness (QED) is 0.346. The molecule has 1 N–H and O–H groups in total. The molecule has 0 spiro atoms. The number of anilines is 1. The van der Waals surface area contributed by atoms with Crippen LogP contribution in [0.25, 0.3) is 6.08 Å². The first-order valence-electron chi connectivity index (χ1n) is 8.56. The minimum atomic E-state index is -3.85. The number of hydrogen-bond donors (Lipinski definition) is 1. The van der Waals surface area contributed by atoms with E-state index in [1.165, 1.54) is 18.2 Å². The minimum absolute atomic E-state index is 0.0671. The number of benzene rings is 3. The smallest absolute Gasteiger partial charge is 0.339 e. The summed E-state index contributed by atoms with van der Waals surface area (Å²) in [5, 5.41) is 3.74. The summed E-state index contributed by atoms with van der Waals surface area (Å²) in [5.41, 5.74) is 4.23. The largest absolute Gasteiger partial charge is 0.355 e. The second-order valence-electron chi connectivity index (χ2n) is 5.78. The molecule has 3 rings (SSSR count). The molecular formula is C21H17N3O4S. The van der Waals surface area contributed by atoms with Crippen LogP contribution in [0, 0.1) is 0 Å². The normalized spacial score (nSPS) is 11.6. The van der Waals surface area contributed by atoms with Gasteiger partial charge in [-0.15, -0.1) is 5.11 Å². The molecule has 0 saturated carbocycles. The van der Waals surface area contributed by atoms with Gasteiger partial charge in [0, 0.05) is 6.08 Å². The molecule has 0 bridgehead atoms. The van der Waals surface area contributed by atoms with Gasteiger partial charge in [0.05, 0.1) is 16.3 Å². The first-order valence-corrected chi connectivity index (χ1v) is 10.00. The zero-order chi connectivity index (χ0) is 20.5. The van der Waals surface area contributed by atoms with Crippen molar-refractivity contribution in [3.05, 3.63) is 96.6 Å². The van der Waals surface area contributed by atoms with Crippen LogP contribution in [0.4, 0.5) is 11.4 Å². The summed E-state index contributed by atoms with van der Waals surface area (Å²) in [4.78, 5) is 16.7. The van der Waals surface area contributed by atoms with E-state index in [9.17, 15) is 13.2 Å². The predicted octanol–water partition coefficient (Wildman–Crippen LogP) is 4.74. The molecule has 0 unspecified atom stereocenters. The fraction of sp³-hybridized carbons (Fsp3) is 0. The first kappa shape index (κ1) is 20.0. The molecule has 7 nitrogen and oxygen atoms in total. The van der Waals surface area contributed by atoms with Crippen LogP contribution >= 0.6 is 0 Å². The molecular weight excluding hydrogens is 390 g/mol. The molecule has 0 aliphatic rings. The molecule has 0 heterocycles. The number of carbonyl (C=O) groups excluding carboxylic acids is 1. The van der Waals surface area contributed by atoms with Crippen molar-refractivity contribution in [3.8, 4) is 0 Å². The van der Waals surface area contributed by atoms with Crippen molar-refractivity contribution < 1.29 is 18.0 Å². The second kappa shape index (κ2) is 9.43. The summed E-state index contributed by atoms with van der Waals surface area (Å²) in [5.74, 6) is -0.563. The van der Waals surface area contributed by atoms with Crippen molar-refractivity contribution in [2.45, 2.75) is 4.90 Å². The number of nitrogens with one attached hydrogen (secondary N) is 1. The van der Waals surface area contributed by atoms with Crippen molar-refractivity contribution in [2.24, 2.45) is 9.63 Å². The van der Waals surface area contributed by atoms with Crippen LogP contribution in [0.1, 0.15) is 5.56 Å². The number of hydrogen-bond acceptors (Lipinski definition) is 6. The van der Waals surface area contributed by atoms with Crippen LogP contribution in [0.3, 0.4) is 0 Å². The van der Waals surface area contributed by atoms with E-state index >= 15 is 0 Å². The molecule has 3 aromatic rings. The first-order chi connectivity index (χ1) is 14.0. The van der Waals surface area contributed by atoms with Gasteiger partial charge in [-0.1, -0.05) is 53.1 Å². The lowest BCUT2D eigenvalue weighted by Crippen LogP contribution is -2.07. The van der Waals surface area contributed by atoms with E-state index in [0.29, 0.717) is 11.4 Å². The fourth-order valence-electron chi connectivity index (χ4n) is 2.21. The van der Waals surface area contributed by atoms with E-state index in [0.717, 1.165) is 5.56 Å². The summed E-state index contributed by atoms with van der Waals surface area (Å²) in [7, 11) is -3.85. The van der Waals surface area contributed by atoms with Gasteiger partial charge in [0.2, 0.25) is 0 Å². The van der Waals surface area contributed by atoms with E-state index in [4.69, 9.17) is 4.84 Å². The lowest BCUT2D eigenvalue weighted by Gasteiger charge is -2.04. The Bertz CT molecular complexity index is 1110. The van der Waals surface area contributed by atoms with Crippen molar-refractivity contribution in [1.29, 1.82) is 0 Å². The Labute approximate surface area is 168 Å². The average Bonchev–Trinajstić information content (AvgIpc) is 2.77. The highest BCUT2D eigenvalue weighted by atomic mass is 32.2. The average molecular weight is 407 g/mol. The van der Waals surface area contributed by atoms with E-state index in [1.807, 2.05) is 30.3 Å². The van der Waals surface area contributed by atoms with Gasteiger partial charge in [-0.3, -0.25) is 0 Å². The number of sulfonamides is 1. The van der Waals surface area contributed by atoms with E-state index in [2.05, 4.69) is 15.1 Å². The molecule has 3 aromatic carbocycles. The standard InChI is InChI=1S/C21H17N3O4S/c25-21(16-11-17-7-3-1-4-8-17)28-23-19-14-12-18(13-15-19)22-24-29(26,27)20-9-5-2-6-10-20/h1-16,23H.